The van der Waals surface area contributed by atoms with Gasteiger partial charge in [0.2, 0.25) is 5.91 Å². The lowest BCUT2D eigenvalue weighted by Gasteiger charge is -2.43. The van der Waals surface area contributed by atoms with Gasteiger partial charge in [-0.3, -0.25) is 9.59 Å². The second-order valence-corrected chi connectivity index (χ2v) is 6.54. The minimum absolute atomic E-state index is 0.0845. The minimum atomic E-state index is -0.464. The maximum atomic E-state index is 12.9. The molecule has 1 atom stereocenters. The zero-order valence-corrected chi connectivity index (χ0v) is 15.2. The monoisotopic (exact) mass is 360 g/mol. The summed E-state index contributed by atoms with van der Waals surface area (Å²) >= 11 is 0. The Kier molecular flexibility index (Phi) is 4.24. The predicted octanol–water partition coefficient (Wildman–Crippen LogP) is 2.57. The Balaban J connectivity index is 1.87. The van der Waals surface area contributed by atoms with E-state index in [2.05, 4.69) is 5.32 Å². The van der Waals surface area contributed by atoms with Crippen LogP contribution in [-0.2, 0) is 4.79 Å². The number of fused-ring (bicyclic) bond motifs is 2. The fourth-order valence-electron chi connectivity index (χ4n) is 3.54. The molecule has 0 fully saturated rings. The van der Waals surface area contributed by atoms with Gasteiger partial charge in [-0.05, 0) is 24.3 Å². The molecule has 2 amide bonds. The number of aromatic nitrogens is 1. The third-order valence-corrected chi connectivity index (χ3v) is 4.90. The quantitative estimate of drug-likeness (QED) is 0.780. The SMILES string of the molecule is CNC(=O)CN1c2ccccc2C(=O)N(C)C1c1ccc2ccccc2n1. The third-order valence-electron chi connectivity index (χ3n) is 4.90. The summed E-state index contributed by atoms with van der Waals surface area (Å²) in [7, 11) is 3.35. The van der Waals surface area contributed by atoms with Gasteiger partial charge in [0.05, 0.1) is 29.0 Å². The van der Waals surface area contributed by atoms with Crippen LogP contribution in [0.25, 0.3) is 10.9 Å². The molecule has 4 rings (SSSR count). The van der Waals surface area contributed by atoms with Crippen LogP contribution in [0.2, 0.25) is 0 Å². The lowest BCUT2D eigenvalue weighted by molar-refractivity contribution is -0.119. The second-order valence-electron chi connectivity index (χ2n) is 6.54. The van der Waals surface area contributed by atoms with E-state index in [9.17, 15) is 9.59 Å². The molecule has 6 heteroatoms. The molecule has 27 heavy (non-hydrogen) atoms. The Hall–Kier alpha value is -3.41. The van der Waals surface area contributed by atoms with E-state index in [-0.39, 0.29) is 18.4 Å². The van der Waals surface area contributed by atoms with Crippen LogP contribution >= 0.6 is 0 Å². The molecule has 1 unspecified atom stereocenters. The van der Waals surface area contributed by atoms with Crippen LogP contribution in [0.5, 0.6) is 0 Å². The van der Waals surface area contributed by atoms with Crippen LogP contribution in [0, 0.1) is 0 Å². The van der Waals surface area contributed by atoms with Crippen molar-refractivity contribution >= 4 is 28.4 Å². The lowest BCUT2D eigenvalue weighted by Crippen LogP contribution is -2.50. The number of pyridine rings is 1. The largest absolute Gasteiger partial charge is 0.358 e. The van der Waals surface area contributed by atoms with Crippen molar-refractivity contribution < 1.29 is 9.59 Å². The number of carbonyl (C=O) groups excluding carboxylic acids is 2. The van der Waals surface area contributed by atoms with Crippen molar-refractivity contribution in [1.82, 2.24) is 15.2 Å². The van der Waals surface area contributed by atoms with E-state index < -0.39 is 6.17 Å². The summed E-state index contributed by atoms with van der Waals surface area (Å²) in [5.74, 6) is -0.211. The minimum Gasteiger partial charge on any atom is -0.358 e. The lowest BCUT2D eigenvalue weighted by atomic mass is 10.0. The first-order valence-electron chi connectivity index (χ1n) is 8.79. The highest BCUT2D eigenvalue weighted by Crippen LogP contribution is 2.37. The van der Waals surface area contributed by atoms with E-state index in [0.29, 0.717) is 5.56 Å². The van der Waals surface area contributed by atoms with E-state index in [1.807, 2.05) is 59.5 Å². The molecule has 0 spiro atoms. The smallest absolute Gasteiger partial charge is 0.257 e. The number of likely N-dealkylation sites (N-methyl/N-ethyl adjacent to an activating group) is 1. The molecule has 3 aromatic rings. The first-order chi connectivity index (χ1) is 13.1. The molecular weight excluding hydrogens is 340 g/mol. The molecule has 1 N–H and O–H groups in total. The number of amides is 2. The second kappa shape index (κ2) is 6.72. The normalized spacial score (nSPS) is 16.4. The standard InChI is InChI=1S/C21H20N4O2/c1-22-19(26)13-25-18-10-6-4-8-15(18)21(27)24(2)20(25)17-12-11-14-7-3-5-9-16(14)23-17/h3-12,20H,13H2,1-2H3,(H,22,26). The maximum Gasteiger partial charge on any atom is 0.257 e. The van der Waals surface area contributed by atoms with Gasteiger partial charge >= 0.3 is 0 Å². The van der Waals surface area contributed by atoms with Crippen molar-refractivity contribution in [3.8, 4) is 0 Å². The summed E-state index contributed by atoms with van der Waals surface area (Å²) < 4.78 is 0. The van der Waals surface area contributed by atoms with Crippen molar-refractivity contribution in [3.05, 3.63) is 71.9 Å². The maximum absolute atomic E-state index is 12.9. The zero-order valence-electron chi connectivity index (χ0n) is 15.2. The van der Waals surface area contributed by atoms with Gasteiger partial charge < -0.3 is 15.1 Å². The average molecular weight is 360 g/mol. The highest BCUT2D eigenvalue weighted by Gasteiger charge is 2.37. The van der Waals surface area contributed by atoms with Crippen LogP contribution in [0.15, 0.2) is 60.7 Å². The van der Waals surface area contributed by atoms with E-state index in [4.69, 9.17) is 4.98 Å². The van der Waals surface area contributed by atoms with Gasteiger partial charge in [-0.1, -0.05) is 36.4 Å². The van der Waals surface area contributed by atoms with Crippen molar-refractivity contribution in [3.63, 3.8) is 0 Å². The van der Waals surface area contributed by atoms with Gasteiger partial charge in [0.25, 0.3) is 5.91 Å². The number of para-hydroxylation sites is 2. The summed E-state index contributed by atoms with van der Waals surface area (Å²) in [4.78, 5) is 33.5. The summed E-state index contributed by atoms with van der Waals surface area (Å²) in [6, 6.07) is 19.1. The Morgan fingerprint density at radius 1 is 1.07 bits per heavy atom. The summed E-state index contributed by atoms with van der Waals surface area (Å²) in [5.41, 5.74) is 2.91. The summed E-state index contributed by atoms with van der Waals surface area (Å²) in [6.45, 7) is 0.129. The molecule has 1 aliphatic heterocycles. The van der Waals surface area contributed by atoms with Crippen LogP contribution in [0.3, 0.4) is 0 Å². The number of nitrogens with zero attached hydrogens (tertiary/aromatic N) is 3. The number of carbonyl (C=O) groups is 2. The van der Waals surface area contributed by atoms with Crippen LogP contribution in [-0.4, -0.2) is 42.3 Å². The molecule has 0 bridgehead atoms. The third kappa shape index (κ3) is 2.89. The molecular formula is C21H20N4O2. The fraction of sp³-hybridized carbons (Fsp3) is 0.190. The molecule has 2 heterocycles. The van der Waals surface area contributed by atoms with Crippen LogP contribution in [0.1, 0.15) is 22.2 Å². The van der Waals surface area contributed by atoms with E-state index in [1.54, 1.807) is 25.1 Å². The molecule has 2 aromatic carbocycles. The van der Waals surface area contributed by atoms with E-state index in [1.165, 1.54) is 0 Å². The molecule has 136 valence electrons. The average Bonchev–Trinajstić information content (AvgIpc) is 2.71. The molecule has 0 saturated heterocycles. The highest BCUT2D eigenvalue weighted by molar-refractivity contribution is 6.02. The number of nitrogens with one attached hydrogen (secondary N) is 1. The summed E-state index contributed by atoms with van der Waals surface area (Å²) in [5, 5.41) is 3.70. The Morgan fingerprint density at radius 3 is 2.63 bits per heavy atom. The van der Waals surface area contributed by atoms with Crippen LogP contribution < -0.4 is 10.2 Å². The number of anilines is 1. The van der Waals surface area contributed by atoms with Crippen LogP contribution in [0.4, 0.5) is 5.69 Å². The van der Waals surface area contributed by atoms with Crippen molar-refractivity contribution in [2.24, 2.45) is 0 Å². The molecule has 0 saturated carbocycles. The number of hydrogen-bond donors (Lipinski definition) is 1. The van der Waals surface area contributed by atoms with Gasteiger partial charge in [-0.25, -0.2) is 4.98 Å². The van der Waals surface area contributed by atoms with Gasteiger partial charge in [-0.15, -0.1) is 0 Å². The molecule has 1 aliphatic rings. The Morgan fingerprint density at radius 2 is 1.81 bits per heavy atom. The van der Waals surface area contributed by atoms with Crippen molar-refractivity contribution in [1.29, 1.82) is 0 Å². The molecule has 6 nitrogen and oxygen atoms in total. The first kappa shape index (κ1) is 17.0. The van der Waals surface area contributed by atoms with Gasteiger partial charge in [0.1, 0.15) is 6.17 Å². The number of benzene rings is 2. The Labute approximate surface area is 157 Å². The van der Waals surface area contributed by atoms with E-state index >= 15 is 0 Å². The fourth-order valence-corrected chi connectivity index (χ4v) is 3.54. The van der Waals surface area contributed by atoms with Crippen molar-refractivity contribution in [2.45, 2.75) is 6.17 Å². The highest BCUT2D eigenvalue weighted by atomic mass is 16.2. The van der Waals surface area contributed by atoms with E-state index in [0.717, 1.165) is 22.3 Å². The summed E-state index contributed by atoms with van der Waals surface area (Å²) in [6.07, 6.45) is -0.464. The Bertz CT molecular complexity index is 1030. The topological polar surface area (TPSA) is 65.5 Å². The van der Waals surface area contributed by atoms with Gasteiger partial charge in [0, 0.05) is 19.5 Å². The van der Waals surface area contributed by atoms with Gasteiger partial charge in [0.15, 0.2) is 0 Å². The van der Waals surface area contributed by atoms with Gasteiger partial charge in [-0.2, -0.15) is 0 Å². The molecule has 0 radical (unpaired) electrons. The molecule has 1 aromatic heterocycles. The first-order valence-corrected chi connectivity index (χ1v) is 8.79. The zero-order chi connectivity index (χ0) is 19.0. The van der Waals surface area contributed by atoms with Crippen molar-refractivity contribution in [2.75, 3.05) is 25.5 Å². The number of rotatable bonds is 3. The predicted molar refractivity (Wildman–Crippen MR) is 104 cm³/mol. The molecule has 0 aliphatic carbocycles. The number of hydrogen-bond acceptors (Lipinski definition) is 4.